The van der Waals surface area contributed by atoms with E-state index in [0.717, 1.165) is 32.2 Å². The maximum atomic E-state index is 12.3. The minimum Gasteiger partial charge on any atom is -0.345 e. The number of carbonyl (C=O) groups is 1. The monoisotopic (exact) mass is 240 g/mol. The van der Waals surface area contributed by atoms with Crippen molar-refractivity contribution in [2.45, 2.75) is 58.9 Å². The van der Waals surface area contributed by atoms with Crippen LogP contribution in [0.15, 0.2) is 0 Å². The molecule has 0 aromatic carbocycles. The molecule has 1 amide bonds. The second-order valence-electron chi connectivity index (χ2n) is 5.91. The van der Waals surface area contributed by atoms with E-state index in [4.69, 9.17) is 5.73 Å². The Balaban J connectivity index is 2.42. The molecule has 1 atom stereocenters. The third-order valence-corrected chi connectivity index (χ3v) is 4.44. The van der Waals surface area contributed by atoms with E-state index >= 15 is 0 Å². The summed E-state index contributed by atoms with van der Waals surface area (Å²) in [5.74, 6) is 0.824. The molecule has 0 aliphatic heterocycles. The third kappa shape index (κ3) is 3.21. The molecule has 2 N–H and O–H groups in total. The molecule has 1 aliphatic carbocycles. The van der Waals surface area contributed by atoms with Crippen LogP contribution >= 0.6 is 0 Å². The van der Waals surface area contributed by atoms with Gasteiger partial charge in [-0.25, -0.2) is 0 Å². The van der Waals surface area contributed by atoms with E-state index in [1.807, 2.05) is 11.9 Å². The van der Waals surface area contributed by atoms with Gasteiger partial charge in [0.15, 0.2) is 0 Å². The Bertz CT molecular complexity index is 253. The molecule has 0 radical (unpaired) electrons. The van der Waals surface area contributed by atoms with E-state index in [1.54, 1.807) is 0 Å². The van der Waals surface area contributed by atoms with Crippen LogP contribution in [0.5, 0.6) is 0 Å². The highest BCUT2D eigenvalue weighted by molar-refractivity contribution is 5.83. The summed E-state index contributed by atoms with van der Waals surface area (Å²) < 4.78 is 0. The minimum absolute atomic E-state index is 0.0311. The van der Waals surface area contributed by atoms with Gasteiger partial charge >= 0.3 is 0 Å². The second-order valence-corrected chi connectivity index (χ2v) is 5.91. The Labute approximate surface area is 106 Å². The molecule has 3 heteroatoms. The van der Waals surface area contributed by atoms with Gasteiger partial charge in [-0.15, -0.1) is 0 Å². The van der Waals surface area contributed by atoms with Gasteiger partial charge in [-0.05, 0) is 31.6 Å². The molecule has 1 unspecified atom stereocenters. The van der Waals surface area contributed by atoms with Crippen molar-refractivity contribution in [1.82, 2.24) is 4.90 Å². The van der Waals surface area contributed by atoms with E-state index in [2.05, 4.69) is 20.8 Å². The highest BCUT2D eigenvalue weighted by Crippen LogP contribution is 2.45. The predicted octanol–water partition coefficient (Wildman–Crippen LogP) is 2.40. The fraction of sp³-hybridized carbons (Fsp3) is 0.929. The molecule has 0 bridgehead atoms. The van der Waals surface area contributed by atoms with Gasteiger partial charge in [0.2, 0.25) is 5.91 Å². The van der Waals surface area contributed by atoms with Gasteiger partial charge in [0, 0.05) is 25.0 Å². The Hall–Kier alpha value is -0.570. The van der Waals surface area contributed by atoms with E-state index in [1.165, 1.54) is 6.42 Å². The lowest BCUT2D eigenvalue weighted by atomic mass is 9.66. The zero-order chi connectivity index (χ0) is 13.1. The number of nitrogens with zero attached hydrogens (tertiary/aromatic N) is 1. The molecule has 0 aromatic rings. The molecule has 1 fully saturated rings. The Kier molecular flexibility index (Phi) is 4.99. The van der Waals surface area contributed by atoms with Crippen molar-refractivity contribution < 1.29 is 4.79 Å². The minimum atomic E-state index is -0.0311. The summed E-state index contributed by atoms with van der Waals surface area (Å²) >= 11 is 0. The quantitative estimate of drug-likeness (QED) is 0.775. The third-order valence-electron chi connectivity index (χ3n) is 4.44. The van der Waals surface area contributed by atoms with Crippen molar-refractivity contribution in [3.8, 4) is 0 Å². The lowest BCUT2D eigenvalue weighted by Crippen LogP contribution is -2.47. The zero-order valence-corrected chi connectivity index (χ0v) is 11.8. The molecule has 1 aliphatic rings. The number of nitrogens with two attached hydrogens (primary N) is 1. The number of hydrogen-bond acceptors (Lipinski definition) is 2. The van der Waals surface area contributed by atoms with Crippen LogP contribution in [0.1, 0.15) is 52.9 Å². The Morgan fingerprint density at radius 2 is 2.00 bits per heavy atom. The molecular weight excluding hydrogens is 212 g/mol. The summed E-state index contributed by atoms with van der Waals surface area (Å²) in [5, 5.41) is 0. The number of carbonyl (C=O) groups excluding carboxylic acids is 1. The number of rotatable bonds is 6. The smallest absolute Gasteiger partial charge is 0.228 e. The van der Waals surface area contributed by atoms with Crippen LogP contribution in [-0.4, -0.2) is 30.4 Å². The molecule has 100 valence electrons. The van der Waals surface area contributed by atoms with Crippen LogP contribution < -0.4 is 5.73 Å². The molecule has 0 heterocycles. The summed E-state index contributed by atoms with van der Waals surface area (Å²) in [6, 6.07) is 0.198. The average molecular weight is 240 g/mol. The van der Waals surface area contributed by atoms with Crippen molar-refractivity contribution in [2.75, 3.05) is 13.6 Å². The van der Waals surface area contributed by atoms with Crippen molar-refractivity contribution in [2.24, 2.45) is 17.1 Å². The first-order valence-corrected chi connectivity index (χ1v) is 6.94. The Morgan fingerprint density at radius 3 is 2.35 bits per heavy atom. The van der Waals surface area contributed by atoms with Crippen molar-refractivity contribution >= 4 is 5.91 Å². The van der Waals surface area contributed by atoms with Crippen LogP contribution in [0, 0.1) is 11.3 Å². The van der Waals surface area contributed by atoms with Gasteiger partial charge in [0.05, 0.1) is 0 Å². The van der Waals surface area contributed by atoms with Crippen LogP contribution in [0.4, 0.5) is 0 Å². The van der Waals surface area contributed by atoms with Gasteiger partial charge in [0.25, 0.3) is 0 Å². The summed E-state index contributed by atoms with van der Waals surface area (Å²) in [6.07, 6.45) is 5.23. The topological polar surface area (TPSA) is 46.3 Å². The summed E-state index contributed by atoms with van der Waals surface area (Å²) in [4.78, 5) is 14.2. The molecule has 1 rings (SSSR count). The van der Waals surface area contributed by atoms with Crippen molar-refractivity contribution in [1.29, 1.82) is 0 Å². The highest BCUT2D eigenvalue weighted by atomic mass is 16.2. The molecule has 1 saturated carbocycles. The lowest BCUT2D eigenvalue weighted by Gasteiger charge is -2.42. The molecule has 0 saturated heterocycles. The van der Waals surface area contributed by atoms with E-state index in [-0.39, 0.29) is 11.5 Å². The van der Waals surface area contributed by atoms with Crippen LogP contribution in [0.3, 0.4) is 0 Å². The highest BCUT2D eigenvalue weighted by Gasteiger charge is 2.43. The summed E-state index contributed by atoms with van der Waals surface area (Å²) in [7, 11) is 1.92. The second kappa shape index (κ2) is 5.85. The number of hydrogen-bond donors (Lipinski definition) is 1. The maximum Gasteiger partial charge on any atom is 0.228 e. The fourth-order valence-electron chi connectivity index (χ4n) is 2.50. The molecule has 3 nitrogen and oxygen atoms in total. The SMILES string of the molecule is CCC1(C(=O)N(C)CCC(N)C(C)C)CCC1. The van der Waals surface area contributed by atoms with Gasteiger partial charge in [0.1, 0.15) is 0 Å². The fourth-order valence-corrected chi connectivity index (χ4v) is 2.50. The molecule has 0 spiro atoms. The average Bonchev–Trinajstić information content (AvgIpc) is 2.24. The first-order chi connectivity index (χ1) is 7.93. The maximum absolute atomic E-state index is 12.3. The molecule has 0 aromatic heterocycles. The Morgan fingerprint density at radius 1 is 1.41 bits per heavy atom. The van der Waals surface area contributed by atoms with Gasteiger partial charge in [-0.2, -0.15) is 0 Å². The lowest BCUT2D eigenvalue weighted by molar-refractivity contribution is -0.146. The van der Waals surface area contributed by atoms with Crippen LogP contribution in [-0.2, 0) is 4.79 Å². The normalized spacial score (nSPS) is 19.9. The van der Waals surface area contributed by atoms with Crippen LogP contribution in [0.2, 0.25) is 0 Å². The predicted molar refractivity (Wildman–Crippen MR) is 71.6 cm³/mol. The van der Waals surface area contributed by atoms with Gasteiger partial charge in [-0.3, -0.25) is 4.79 Å². The molecular formula is C14H28N2O. The largest absolute Gasteiger partial charge is 0.345 e. The van der Waals surface area contributed by atoms with E-state index < -0.39 is 0 Å². The van der Waals surface area contributed by atoms with Crippen molar-refractivity contribution in [3.63, 3.8) is 0 Å². The molecule has 17 heavy (non-hydrogen) atoms. The van der Waals surface area contributed by atoms with Gasteiger partial charge in [-0.1, -0.05) is 27.2 Å². The zero-order valence-electron chi connectivity index (χ0n) is 11.8. The first-order valence-electron chi connectivity index (χ1n) is 6.94. The van der Waals surface area contributed by atoms with Crippen molar-refractivity contribution in [3.05, 3.63) is 0 Å². The number of amides is 1. The standard InChI is InChI=1S/C14H28N2O/c1-5-14(8-6-9-14)13(17)16(4)10-7-12(15)11(2)3/h11-12H,5-10,15H2,1-4H3. The van der Waals surface area contributed by atoms with E-state index in [0.29, 0.717) is 11.8 Å². The van der Waals surface area contributed by atoms with Crippen LogP contribution in [0.25, 0.3) is 0 Å². The summed E-state index contributed by atoms with van der Waals surface area (Å²) in [6.45, 7) is 7.18. The first kappa shape index (κ1) is 14.5. The summed E-state index contributed by atoms with van der Waals surface area (Å²) in [5.41, 5.74) is 5.98. The van der Waals surface area contributed by atoms with E-state index in [9.17, 15) is 4.79 Å². The van der Waals surface area contributed by atoms with Gasteiger partial charge < -0.3 is 10.6 Å².